The molecule has 6 nitrogen and oxygen atoms in total. The molecule has 0 unspecified atom stereocenters. The second kappa shape index (κ2) is 4.99. The Morgan fingerprint density at radius 2 is 2.16 bits per heavy atom. The average molecular weight is 269 g/mol. The first-order chi connectivity index (χ1) is 9.00. The molecular weight excluding hydrogens is 263 g/mol. The molecule has 0 amide bonds. The van der Waals surface area contributed by atoms with Gasteiger partial charge in [0.05, 0.1) is 5.56 Å². The van der Waals surface area contributed by atoms with Crippen LogP contribution in [0.25, 0.3) is 21.8 Å². The molecule has 19 heavy (non-hydrogen) atoms. The van der Waals surface area contributed by atoms with Crippen LogP contribution in [0.3, 0.4) is 0 Å². The molecule has 0 fully saturated rings. The van der Waals surface area contributed by atoms with Crippen LogP contribution in [0.2, 0.25) is 0 Å². The summed E-state index contributed by atoms with van der Waals surface area (Å²) < 4.78 is 42.3. The van der Waals surface area contributed by atoms with Gasteiger partial charge in [0.15, 0.2) is 0 Å². The van der Waals surface area contributed by atoms with Gasteiger partial charge in [0.25, 0.3) is 0 Å². The lowest BCUT2D eigenvalue weighted by atomic mass is 10.1. The van der Waals surface area contributed by atoms with E-state index in [9.17, 15) is 13.2 Å². The largest absolute Gasteiger partial charge is 0.416 e. The Kier molecular flexibility index (Phi) is 3.39. The Morgan fingerprint density at radius 1 is 1.37 bits per heavy atom. The molecule has 0 spiro atoms. The summed E-state index contributed by atoms with van der Waals surface area (Å²) >= 11 is 0. The molecule has 0 bridgehead atoms. The average Bonchev–Trinajstić information content (AvgIpc) is 2.84. The highest BCUT2D eigenvalue weighted by atomic mass is 19.4. The molecule has 0 aliphatic rings. The van der Waals surface area contributed by atoms with Gasteiger partial charge in [0, 0.05) is 10.5 Å². The van der Waals surface area contributed by atoms with Crippen molar-refractivity contribution in [3.8, 4) is 11.4 Å². The number of nitrogens with zero attached hydrogens (tertiary/aromatic N) is 5. The topological polar surface area (TPSA) is 87.7 Å². The lowest BCUT2D eigenvalue weighted by molar-refractivity contribution is -0.137. The lowest BCUT2D eigenvalue weighted by Gasteiger charge is -2.06. The Balaban J connectivity index is 2.31. The second-order valence-electron chi connectivity index (χ2n) is 3.48. The molecule has 0 atom stereocenters. The summed E-state index contributed by atoms with van der Waals surface area (Å²) in [6.45, 7) is -0.150. The van der Waals surface area contributed by atoms with E-state index in [0.29, 0.717) is 0 Å². The Hall–Kier alpha value is -2.54. The quantitative estimate of drug-likeness (QED) is 0.484. The van der Waals surface area contributed by atoms with Gasteiger partial charge in [-0.15, -0.1) is 0 Å². The van der Waals surface area contributed by atoms with E-state index >= 15 is 0 Å². The first-order valence-electron chi connectivity index (χ1n) is 5.02. The van der Waals surface area contributed by atoms with Crippen LogP contribution in [0.1, 0.15) is 11.5 Å². The number of alkyl halides is 3. The fourth-order valence-electron chi connectivity index (χ4n) is 1.36. The van der Waals surface area contributed by atoms with Crippen molar-refractivity contribution in [3.05, 3.63) is 46.2 Å². The first kappa shape index (κ1) is 12.9. The molecule has 0 aliphatic heterocycles. The first-order valence-corrected chi connectivity index (χ1v) is 5.02. The van der Waals surface area contributed by atoms with Gasteiger partial charge in [0.2, 0.25) is 11.7 Å². The van der Waals surface area contributed by atoms with Crippen LogP contribution in [0.4, 0.5) is 13.2 Å². The van der Waals surface area contributed by atoms with E-state index in [0.717, 1.165) is 12.1 Å². The predicted molar refractivity (Wildman–Crippen MR) is 57.6 cm³/mol. The molecule has 0 N–H and O–H groups in total. The minimum absolute atomic E-state index is 0.00856. The highest BCUT2D eigenvalue weighted by molar-refractivity contribution is 5.55. The lowest BCUT2D eigenvalue weighted by Crippen LogP contribution is -2.04. The van der Waals surface area contributed by atoms with Crippen molar-refractivity contribution < 1.29 is 17.7 Å². The third kappa shape index (κ3) is 3.02. The van der Waals surface area contributed by atoms with Crippen molar-refractivity contribution in [2.24, 2.45) is 5.11 Å². The van der Waals surface area contributed by atoms with Crippen LogP contribution in [0.5, 0.6) is 0 Å². The molecule has 0 saturated heterocycles. The zero-order valence-electron chi connectivity index (χ0n) is 9.29. The fourth-order valence-corrected chi connectivity index (χ4v) is 1.36. The van der Waals surface area contributed by atoms with E-state index < -0.39 is 11.7 Å². The number of hydrogen-bond acceptors (Lipinski definition) is 4. The van der Waals surface area contributed by atoms with Crippen LogP contribution in [0, 0.1) is 0 Å². The summed E-state index contributed by atoms with van der Waals surface area (Å²) in [5, 5.41) is 6.74. The molecule has 1 aromatic heterocycles. The van der Waals surface area contributed by atoms with E-state index in [1.54, 1.807) is 0 Å². The van der Waals surface area contributed by atoms with Crippen molar-refractivity contribution in [1.82, 2.24) is 10.1 Å². The van der Waals surface area contributed by atoms with Crippen LogP contribution < -0.4 is 0 Å². The van der Waals surface area contributed by atoms with Gasteiger partial charge in [-0.3, -0.25) is 0 Å². The summed E-state index contributed by atoms with van der Waals surface area (Å²) in [5.74, 6) is 0.0412. The van der Waals surface area contributed by atoms with Gasteiger partial charge in [-0.1, -0.05) is 22.4 Å². The molecular formula is C10H6F3N5O. The Labute approximate surface area is 104 Å². The molecule has 1 aromatic carbocycles. The molecule has 9 heteroatoms. The van der Waals surface area contributed by atoms with Crippen molar-refractivity contribution in [2.75, 3.05) is 0 Å². The fraction of sp³-hybridized carbons (Fsp3) is 0.200. The molecule has 98 valence electrons. The Bertz CT molecular complexity index is 630. The van der Waals surface area contributed by atoms with Crippen molar-refractivity contribution in [3.63, 3.8) is 0 Å². The van der Waals surface area contributed by atoms with Crippen LogP contribution >= 0.6 is 0 Å². The van der Waals surface area contributed by atoms with E-state index in [1.807, 2.05) is 0 Å². The summed E-state index contributed by atoms with van der Waals surface area (Å²) in [6, 6.07) is 4.55. The monoisotopic (exact) mass is 269 g/mol. The zero-order valence-corrected chi connectivity index (χ0v) is 9.29. The van der Waals surface area contributed by atoms with E-state index in [2.05, 4.69) is 20.2 Å². The molecule has 1 heterocycles. The van der Waals surface area contributed by atoms with Crippen LogP contribution in [0.15, 0.2) is 33.9 Å². The standard InChI is InChI=1S/C10H6F3N5O/c11-10(12,13)7-3-1-2-6(4-7)9-16-8(19-17-9)5-15-18-14/h1-4H,5H2. The summed E-state index contributed by atoms with van der Waals surface area (Å²) in [4.78, 5) is 6.34. The number of benzene rings is 1. The zero-order chi connectivity index (χ0) is 13.9. The normalized spacial score (nSPS) is 11.1. The molecule has 0 aliphatic carbocycles. The van der Waals surface area contributed by atoms with E-state index in [-0.39, 0.29) is 23.8 Å². The molecule has 2 rings (SSSR count). The van der Waals surface area contributed by atoms with Crippen LogP contribution in [-0.2, 0) is 12.7 Å². The summed E-state index contributed by atoms with van der Waals surface area (Å²) in [7, 11) is 0. The highest BCUT2D eigenvalue weighted by Crippen LogP contribution is 2.31. The van der Waals surface area contributed by atoms with Crippen molar-refractivity contribution >= 4 is 0 Å². The van der Waals surface area contributed by atoms with Gasteiger partial charge < -0.3 is 4.52 Å². The SMILES string of the molecule is [N-]=[N+]=NCc1nc(-c2cccc(C(F)(F)F)c2)no1. The van der Waals surface area contributed by atoms with Crippen molar-refractivity contribution in [1.29, 1.82) is 0 Å². The van der Waals surface area contributed by atoms with E-state index in [4.69, 9.17) is 10.1 Å². The number of azide groups is 1. The van der Waals surface area contributed by atoms with Crippen molar-refractivity contribution in [2.45, 2.75) is 12.7 Å². The summed E-state index contributed by atoms with van der Waals surface area (Å²) in [5.41, 5.74) is 7.49. The van der Waals surface area contributed by atoms with Gasteiger partial charge in [0.1, 0.15) is 6.54 Å². The molecule has 0 saturated carbocycles. The molecule has 0 radical (unpaired) electrons. The number of hydrogen-bond donors (Lipinski definition) is 0. The maximum Gasteiger partial charge on any atom is 0.416 e. The second-order valence-corrected chi connectivity index (χ2v) is 3.48. The van der Waals surface area contributed by atoms with Gasteiger partial charge >= 0.3 is 6.18 Å². The van der Waals surface area contributed by atoms with Gasteiger partial charge in [-0.25, -0.2) is 0 Å². The maximum absolute atomic E-state index is 12.5. The van der Waals surface area contributed by atoms with Crippen LogP contribution in [-0.4, -0.2) is 10.1 Å². The molecule has 2 aromatic rings. The predicted octanol–water partition coefficient (Wildman–Crippen LogP) is 3.57. The minimum atomic E-state index is -4.44. The Morgan fingerprint density at radius 3 is 2.84 bits per heavy atom. The minimum Gasteiger partial charge on any atom is -0.339 e. The smallest absolute Gasteiger partial charge is 0.339 e. The van der Waals surface area contributed by atoms with Gasteiger partial charge in [-0.2, -0.15) is 18.2 Å². The maximum atomic E-state index is 12.5. The third-order valence-corrected chi connectivity index (χ3v) is 2.19. The van der Waals surface area contributed by atoms with Gasteiger partial charge in [-0.05, 0) is 17.7 Å². The number of aromatic nitrogens is 2. The third-order valence-electron chi connectivity index (χ3n) is 2.19. The van der Waals surface area contributed by atoms with E-state index in [1.165, 1.54) is 12.1 Å². The highest BCUT2D eigenvalue weighted by Gasteiger charge is 2.30. The number of halogens is 3. The summed E-state index contributed by atoms with van der Waals surface area (Å²) in [6.07, 6.45) is -4.44. The number of rotatable bonds is 3.